The van der Waals surface area contributed by atoms with Crippen molar-refractivity contribution in [3.8, 4) is 0 Å². The normalized spacial score (nSPS) is 16.8. The Labute approximate surface area is 104 Å². The fourth-order valence-electron chi connectivity index (χ4n) is 2.06. The Bertz CT molecular complexity index is 337. The van der Waals surface area contributed by atoms with Gasteiger partial charge in [0, 0.05) is 19.3 Å². The molecule has 0 aliphatic heterocycles. The van der Waals surface area contributed by atoms with E-state index >= 15 is 0 Å². The van der Waals surface area contributed by atoms with E-state index in [1.165, 1.54) is 0 Å². The Morgan fingerprint density at radius 1 is 1.47 bits per heavy atom. The number of rotatable bonds is 7. The zero-order chi connectivity index (χ0) is 12.9. The summed E-state index contributed by atoms with van der Waals surface area (Å²) >= 11 is 0. The minimum absolute atomic E-state index is 0.138. The molecule has 0 amide bonds. The van der Waals surface area contributed by atoms with E-state index in [0.29, 0.717) is 6.61 Å². The van der Waals surface area contributed by atoms with Crippen molar-refractivity contribution in [2.75, 3.05) is 6.61 Å². The molecule has 4 heteroatoms. The van der Waals surface area contributed by atoms with Crippen molar-refractivity contribution >= 4 is 0 Å². The lowest BCUT2D eigenvalue weighted by Gasteiger charge is -2.34. The Kier molecular flexibility index (Phi) is 5.15. The van der Waals surface area contributed by atoms with Crippen LogP contribution in [0.3, 0.4) is 0 Å². The predicted molar refractivity (Wildman–Crippen MR) is 69.8 cm³/mol. The third kappa shape index (κ3) is 3.07. The molecule has 0 bridgehead atoms. The maximum absolute atomic E-state index is 6.36. The van der Waals surface area contributed by atoms with Gasteiger partial charge in [-0.3, -0.25) is 4.68 Å². The second kappa shape index (κ2) is 6.17. The van der Waals surface area contributed by atoms with Crippen LogP contribution in [0, 0.1) is 0 Å². The maximum Gasteiger partial charge on any atom is 0.0858 e. The Morgan fingerprint density at radius 2 is 2.18 bits per heavy atom. The Morgan fingerprint density at radius 3 is 2.71 bits per heavy atom. The van der Waals surface area contributed by atoms with E-state index in [1.54, 1.807) is 0 Å². The molecular weight excluding hydrogens is 214 g/mol. The van der Waals surface area contributed by atoms with Gasteiger partial charge in [-0.15, -0.1) is 0 Å². The molecule has 1 heterocycles. The molecule has 17 heavy (non-hydrogen) atoms. The van der Waals surface area contributed by atoms with Crippen LogP contribution in [0.2, 0.25) is 0 Å². The van der Waals surface area contributed by atoms with Crippen LogP contribution >= 0.6 is 0 Å². The molecule has 0 fully saturated rings. The third-order valence-corrected chi connectivity index (χ3v) is 3.34. The molecule has 2 N–H and O–H groups in total. The van der Waals surface area contributed by atoms with E-state index < -0.39 is 0 Å². The molecule has 1 aromatic heterocycles. The van der Waals surface area contributed by atoms with Crippen LogP contribution in [0.15, 0.2) is 12.3 Å². The number of aryl methyl sites for hydroxylation is 1. The van der Waals surface area contributed by atoms with Gasteiger partial charge >= 0.3 is 0 Å². The van der Waals surface area contributed by atoms with Crippen LogP contribution in [0.25, 0.3) is 0 Å². The van der Waals surface area contributed by atoms with Gasteiger partial charge < -0.3 is 10.5 Å². The molecule has 4 nitrogen and oxygen atoms in total. The monoisotopic (exact) mass is 239 g/mol. The topological polar surface area (TPSA) is 53.1 Å². The average Bonchev–Trinajstić information content (AvgIpc) is 2.77. The summed E-state index contributed by atoms with van der Waals surface area (Å²) in [6, 6.07) is 1.86. The summed E-state index contributed by atoms with van der Waals surface area (Å²) in [5.41, 5.74) is 7.10. The quantitative estimate of drug-likeness (QED) is 0.795. The third-order valence-electron chi connectivity index (χ3n) is 3.34. The Balaban J connectivity index is 2.92. The fourth-order valence-corrected chi connectivity index (χ4v) is 2.06. The highest BCUT2D eigenvalue weighted by Crippen LogP contribution is 2.30. The molecule has 0 saturated heterocycles. The highest BCUT2D eigenvalue weighted by molar-refractivity contribution is 5.11. The first kappa shape index (κ1) is 14.2. The summed E-state index contributed by atoms with van der Waals surface area (Å²) in [4.78, 5) is 0. The summed E-state index contributed by atoms with van der Waals surface area (Å²) in [7, 11) is 0. The summed E-state index contributed by atoms with van der Waals surface area (Å²) in [6.07, 6.45) is 3.76. The number of ether oxygens (including phenoxy) is 1. The van der Waals surface area contributed by atoms with E-state index in [0.717, 1.165) is 25.1 Å². The van der Waals surface area contributed by atoms with Crippen molar-refractivity contribution in [3.05, 3.63) is 18.0 Å². The van der Waals surface area contributed by atoms with Gasteiger partial charge in [0.25, 0.3) is 0 Å². The van der Waals surface area contributed by atoms with Crippen LogP contribution < -0.4 is 5.73 Å². The second-order valence-corrected chi connectivity index (χ2v) is 4.56. The maximum atomic E-state index is 6.36. The second-order valence-electron chi connectivity index (χ2n) is 4.56. The summed E-state index contributed by atoms with van der Waals surface area (Å²) < 4.78 is 7.81. The van der Waals surface area contributed by atoms with Crippen LogP contribution in [-0.2, 0) is 11.3 Å². The molecule has 1 aromatic rings. The number of hydrogen-bond acceptors (Lipinski definition) is 3. The van der Waals surface area contributed by atoms with Gasteiger partial charge in [-0.1, -0.05) is 13.8 Å². The van der Waals surface area contributed by atoms with Crippen molar-refractivity contribution in [2.45, 2.75) is 58.7 Å². The lowest BCUT2D eigenvalue weighted by atomic mass is 9.91. The summed E-state index contributed by atoms with van der Waals surface area (Å²) in [6.45, 7) is 9.91. The lowest BCUT2D eigenvalue weighted by Crippen LogP contribution is -2.41. The molecule has 2 atom stereocenters. The van der Waals surface area contributed by atoms with Gasteiger partial charge in [-0.25, -0.2) is 0 Å². The molecule has 98 valence electrons. The zero-order valence-electron chi connectivity index (χ0n) is 11.4. The van der Waals surface area contributed by atoms with Gasteiger partial charge in [-0.05, 0) is 32.8 Å². The minimum atomic E-state index is -0.319. The first-order valence-electron chi connectivity index (χ1n) is 6.50. The standard InChI is InChI=1S/C13H25N3O/c1-5-10-16-11(8-9-15-16)12(14)13(4,6-2)17-7-3/h8-9,12H,5-7,10,14H2,1-4H3. The van der Waals surface area contributed by atoms with Crippen molar-refractivity contribution in [3.63, 3.8) is 0 Å². The van der Waals surface area contributed by atoms with Gasteiger partial charge in [-0.2, -0.15) is 5.10 Å². The molecule has 0 aliphatic rings. The first-order chi connectivity index (χ1) is 8.09. The molecule has 2 unspecified atom stereocenters. The number of hydrogen-bond donors (Lipinski definition) is 1. The molecule has 1 rings (SSSR count). The van der Waals surface area contributed by atoms with Crippen LogP contribution in [0.4, 0.5) is 0 Å². The highest BCUT2D eigenvalue weighted by atomic mass is 16.5. The van der Waals surface area contributed by atoms with Gasteiger partial charge in [0.2, 0.25) is 0 Å². The number of aromatic nitrogens is 2. The van der Waals surface area contributed by atoms with Crippen molar-refractivity contribution < 1.29 is 4.74 Å². The van der Waals surface area contributed by atoms with E-state index in [-0.39, 0.29) is 11.6 Å². The molecule has 0 spiro atoms. The van der Waals surface area contributed by atoms with Crippen molar-refractivity contribution in [1.29, 1.82) is 0 Å². The van der Waals surface area contributed by atoms with Crippen LogP contribution in [-0.4, -0.2) is 22.0 Å². The van der Waals surface area contributed by atoms with E-state index in [9.17, 15) is 0 Å². The van der Waals surface area contributed by atoms with Crippen LogP contribution in [0.1, 0.15) is 52.3 Å². The molecule has 0 radical (unpaired) electrons. The summed E-state index contributed by atoms with van der Waals surface area (Å²) in [5, 5.41) is 4.32. The van der Waals surface area contributed by atoms with Crippen molar-refractivity contribution in [2.24, 2.45) is 5.73 Å². The zero-order valence-corrected chi connectivity index (χ0v) is 11.4. The Hall–Kier alpha value is -0.870. The van der Waals surface area contributed by atoms with E-state index in [2.05, 4.69) is 25.9 Å². The molecule has 0 aromatic carbocycles. The van der Waals surface area contributed by atoms with Gasteiger partial charge in [0.15, 0.2) is 0 Å². The molecule has 0 saturated carbocycles. The minimum Gasteiger partial charge on any atom is -0.374 e. The molecular formula is C13H25N3O. The predicted octanol–water partition coefficient (Wildman–Crippen LogP) is 2.50. The van der Waals surface area contributed by atoms with Crippen molar-refractivity contribution in [1.82, 2.24) is 9.78 Å². The smallest absolute Gasteiger partial charge is 0.0858 e. The van der Waals surface area contributed by atoms with Crippen LogP contribution in [0.5, 0.6) is 0 Å². The number of nitrogens with zero attached hydrogens (tertiary/aromatic N) is 2. The number of nitrogens with two attached hydrogens (primary N) is 1. The van der Waals surface area contributed by atoms with Gasteiger partial charge in [0.1, 0.15) is 0 Å². The largest absolute Gasteiger partial charge is 0.374 e. The first-order valence-corrected chi connectivity index (χ1v) is 6.50. The average molecular weight is 239 g/mol. The van der Waals surface area contributed by atoms with E-state index in [4.69, 9.17) is 10.5 Å². The summed E-state index contributed by atoms with van der Waals surface area (Å²) in [5.74, 6) is 0. The fraction of sp³-hybridized carbons (Fsp3) is 0.769. The van der Waals surface area contributed by atoms with Gasteiger partial charge in [0.05, 0.1) is 17.3 Å². The molecule has 0 aliphatic carbocycles. The van der Waals surface area contributed by atoms with E-state index in [1.807, 2.05) is 23.9 Å². The SMILES string of the molecule is CCCn1nccc1C(N)C(C)(CC)OCC. The lowest BCUT2D eigenvalue weighted by molar-refractivity contribution is -0.0490. The highest BCUT2D eigenvalue weighted by Gasteiger charge is 2.33.